The molecule has 1 aromatic carbocycles. The van der Waals surface area contributed by atoms with Gasteiger partial charge in [-0.2, -0.15) is 0 Å². The van der Waals surface area contributed by atoms with Gasteiger partial charge in [0.25, 0.3) is 0 Å². The van der Waals surface area contributed by atoms with Gasteiger partial charge in [0.2, 0.25) is 5.91 Å². The maximum Gasteiger partial charge on any atom is 0.224 e. The Morgan fingerprint density at radius 3 is 2.74 bits per heavy atom. The van der Waals surface area contributed by atoms with Crippen LogP contribution in [-0.4, -0.2) is 19.1 Å². The summed E-state index contributed by atoms with van der Waals surface area (Å²) in [6.45, 7) is 1.68. The van der Waals surface area contributed by atoms with Gasteiger partial charge in [-0.1, -0.05) is 31.0 Å². The van der Waals surface area contributed by atoms with E-state index in [0.717, 1.165) is 18.5 Å². The standard InChI is InChI=1S/C16H21NO2/c1-11(18)17-14-9-5-3-7-12(14)16(19-2)13-8-4-6-10-15(13)17/h3,5,7,9,13,15-16H,4,6,8,10H2,1-2H3. The van der Waals surface area contributed by atoms with E-state index in [1.807, 2.05) is 23.1 Å². The smallest absolute Gasteiger partial charge is 0.224 e. The van der Waals surface area contributed by atoms with Gasteiger partial charge >= 0.3 is 0 Å². The minimum absolute atomic E-state index is 0.136. The number of anilines is 1. The summed E-state index contributed by atoms with van der Waals surface area (Å²) >= 11 is 0. The third-order valence-corrected chi connectivity index (χ3v) is 4.60. The van der Waals surface area contributed by atoms with Gasteiger partial charge in [-0.25, -0.2) is 0 Å². The first-order valence-corrected chi connectivity index (χ1v) is 7.15. The molecule has 3 atom stereocenters. The number of amides is 1. The van der Waals surface area contributed by atoms with Crippen LogP contribution in [0.15, 0.2) is 24.3 Å². The van der Waals surface area contributed by atoms with Gasteiger partial charge in [0.1, 0.15) is 0 Å². The van der Waals surface area contributed by atoms with Crippen LogP contribution >= 0.6 is 0 Å². The van der Waals surface area contributed by atoms with Crippen LogP contribution in [0.3, 0.4) is 0 Å². The molecule has 1 aliphatic carbocycles. The monoisotopic (exact) mass is 259 g/mol. The molecule has 3 nitrogen and oxygen atoms in total. The summed E-state index contributed by atoms with van der Waals surface area (Å²) in [4.78, 5) is 14.1. The van der Waals surface area contributed by atoms with Crippen molar-refractivity contribution in [1.82, 2.24) is 0 Å². The van der Waals surface area contributed by atoms with Crippen molar-refractivity contribution in [3.8, 4) is 0 Å². The Bertz CT molecular complexity index is 485. The zero-order valence-electron chi connectivity index (χ0n) is 11.6. The van der Waals surface area contributed by atoms with Crippen LogP contribution in [0.5, 0.6) is 0 Å². The zero-order valence-corrected chi connectivity index (χ0v) is 11.6. The third-order valence-electron chi connectivity index (χ3n) is 4.60. The van der Waals surface area contributed by atoms with Crippen LogP contribution in [0, 0.1) is 5.92 Å². The van der Waals surface area contributed by atoms with E-state index in [0.29, 0.717) is 12.0 Å². The molecular formula is C16H21NO2. The van der Waals surface area contributed by atoms with E-state index >= 15 is 0 Å². The van der Waals surface area contributed by atoms with Gasteiger partial charge in [-0.3, -0.25) is 4.79 Å². The molecule has 1 aromatic rings. The Labute approximate surface area is 114 Å². The highest BCUT2D eigenvalue weighted by Crippen LogP contribution is 2.47. The van der Waals surface area contributed by atoms with E-state index < -0.39 is 0 Å². The van der Waals surface area contributed by atoms with E-state index in [-0.39, 0.29) is 12.0 Å². The molecule has 1 fully saturated rings. The first-order valence-electron chi connectivity index (χ1n) is 7.15. The van der Waals surface area contributed by atoms with E-state index in [1.165, 1.54) is 18.4 Å². The molecule has 19 heavy (non-hydrogen) atoms. The number of hydrogen-bond donors (Lipinski definition) is 0. The lowest BCUT2D eigenvalue weighted by molar-refractivity contribution is -0.118. The van der Waals surface area contributed by atoms with Crippen molar-refractivity contribution in [1.29, 1.82) is 0 Å². The quantitative estimate of drug-likeness (QED) is 0.774. The number of para-hydroxylation sites is 1. The summed E-state index contributed by atoms with van der Waals surface area (Å²) in [5.74, 6) is 0.594. The van der Waals surface area contributed by atoms with Crippen LogP contribution < -0.4 is 4.90 Å². The highest BCUT2D eigenvalue weighted by Gasteiger charge is 2.43. The van der Waals surface area contributed by atoms with Gasteiger partial charge in [0.15, 0.2) is 0 Å². The van der Waals surface area contributed by atoms with Crippen LogP contribution in [0.1, 0.15) is 44.3 Å². The number of ether oxygens (including phenoxy) is 1. The Balaban J connectivity index is 2.12. The van der Waals surface area contributed by atoms with Crippen molar-refractivity contribution >= 4 is 11.6 Å². The Morgan fingerprint density at radius 1 is 1.26 bits per heavy atom. The molecule has 0 saturated heterocycles. The molecule has 1 heterocycles. The molecule has 0 bridgehead atoms. The number of nitrogens with zero attached hydrogens (tertiary/aromatic N) is 1. The summed E-state index contributed by atoms with van der Waals surface area (Å²) in [5.41, 5.74) is 2.22. The minimum atomic E-state index is 0.136. The second-order valence-electron chi connectivity index (χ2n) is 5.62. The van der Waals surface area contributed by atoms with Crippen molar-refractivity contribution in [3.63, 3.8) is 0 Å². The van der Waals surface area contributed by atoms with Gasteiger partial charge in [-0.05, 0) is 18.9 Å². The fourth-order valence-electron chi connectivity index (χ4n) is 3.88. The zero-order chi connectivity index (χ0) is 13.4. The Morgan fingerprint density at radius 2 is 2.00 bits per heavy atom. The number of fused-ring (bicyclic) bond motifs is 2. The topological polar surface area (TPSA) is 29.5 Å². The van der Waals surface area contributed by atoms with E-state index in [4.69, 9.17) is 4.74 Å². The van der Waals surface area contributed by atoms with Crippen molar-refractivity contribution in [2.24, 2.45) is 5.92 Å². The van der Waals surface area contributed by atoms with Crippen molar-refractivity contribution < 1.29 is 9.53 Å². The largest absolute Gasteiger partial charge is 0.376 e. The third kappa shape index (κ3) is 1.96. The first-order chi connectivity index (χ1) is 9.24. The highest BCUT2D eigenvalue weighted by atomic mass is 16.5. The number of carbonyl (C=O) groups is 1. The first kappa shape index (κ1) is 12.7. The lowest BCUT2D eigenvalue weighted by atomic mass is 9.74. The van der Waals surface area contributed by atoms with Crippen LogP contribution in [0.25, 0.3) is 0 Å². The van der Waals surface area contributed by atoms with Gasteiger partial charge in [0, 0.05) is 37.2 Å². The SMILES string of the molecule is COC1c2ccccc2N(C(C)=O)C2CCCCC12. The summed E-state index contributed by atoms with van der Waals surface area (Å²) in [6, 6.07) is 8.50. The average molecular weight is 259 g/mol. The molecule has 3 rings (SSSR count). The van der Waals surface area contributed by atoms with Crippen molar-refractivity contribution in [2.45, 2.75) is 44.8 Å². The van der Waals surface area contributed by atoms with Crippen LogP contribution in [0.4, 0.5) is 5.69 Å². The summed E-state index contributed by atoms with van der Waals surface area (Å²) in [7, 11) is 1.79. The fraction of sp³-hybridized carbons (Fsp3) is 0.562. The molecular weight excluding hydrogens is 238 g/mol. The molecule has 1 aliphatic heterocycles. The Kier molecular flexibility index (Phi) is 3.31. The molecule has 0 radical (unpaired) electrons. The summed E-state index contributed by atoms with van der Waals surface area (Å²) in [6.07, 6.45) is 4.84. The van der Waals surface area contributed by atoms with Crippen LogP contribution in [0.2, 0.25) is 0 Å². The fourth-order valence-corrected chi connectivity index (χ4v) is 3.88. The highest BCUT2D eigenvalue weighted by molar-refractivity contribution is 5.93. The van der Waals surface area contributed by atoms with Gasteiger partial charge < -0.3 is 9.64 Å². The summed E-state index contributed by atoms with van der Waals surface area (Å²) in [5, 5.41) is 0. The molecule has 1 saturated carbocycles. The molecule has 0 spiro atoms. The number of rotatable bonds is 1. The maximum atomic E-state index is 12.1. The van der Waals surface area contributed by atoms with Crippen molar-refractivity contribution in [3.05, 3.63) is 29.8 Å². The summed E-state index contributed by atoms with van der Waals surface area (Å²) < 4.78 is 5.78. The molecule has 2 aliphatic rings. The average Bonchev–Trinajstić information content (AvgIpc) is 2.44. The molecule has 102 valence electrons. The molecule has 3 unspecified atom stereocenters. The second kappa shape index (κ2) is 4.97. The van der Waals surface area contributed by atoms with E-state index in [1.54, 1.807) is 14.0 Å². The molecule has 0 N–H and O–H groups in total. The van der Waals surface area contributed by atoms with Crippen LogP contribution in [-0.2, 0) is 9.53 Å². The minimum Gasteiger partial charge on any atom is -0.376 e. The predicted octanol–water partition coefficient (Wildman–Crippen LogP) is 3.30. The van der Waals surface area contributed by atoms with E-state index in [9.17, 15) is 4.79 Å². The number of methoxy groups -OCH3 is 1. The number of benzene rings is 1. The lowest BCUT2D eigenvalue weighted by Gasteiger charge is -2.48. The molecule has 0 aromatic heterocycles. The predicted molar refractivity (Wildman–Crippen MR) is 75.1 cm³/mol. The van der Waals surface area contributed by atoms with E-state index in [2.05, 4.69) is 6.07 Å². The van der Waals surface area contributed by atoms with Gasteiger partial charge in [0.05, 0.1) is 6.10 Å². The van der Waals surface area contributed by atoms with Crippen molar-refractivity contribution in [2.75, 3.05) is 12.0 Å². The molecule has 1 amide bonds. The molecule has 3 heteroatoms. The second-order valence-corrected chi connectivity index (χ2v) is 5.62. The number of hydrogen-bond acceptors (Lipinski definition) is 2. The number of carbonyl (C=O) groups excluding carboxylic acids is 1. The normalized spacial score (nSPS) is 29.6. The van der Waals surface area contributed by atoms with Gasteiger partial charge in [-0.15, -0.1) is 0 Å². The Hall–Kier alpha value is -1.35. The lowest BCUT2D eigenvalue weighted by Crippen LogP contribution is -2.51. The maximum absolute atomic E-state index is 12.1.